The summed E-state index contributed by atoms with van der Waals surface area (Å²) in [5.74, 6) is 5.77. The van der Waals surface area contributed by atoms with Crippen LogP contribution < -0.4 is 11.1 Å². The highest BCUT2D eigenvalue weighted by atomic mass is 16.5. The second kappa shape index (κ2) is 7.01. The molecule has 102 valence electrons. The van der Waals surface area contributed by atoms with Gasteiger partial charge in [-0.1, -0.05) is 17.0 Å². The van der Waals surface area contributed by atoms with Crippen LogP contribution in [0, 0.1) is 11.8 Å². The first-order valence-electron chi connectivity index (χ1n) is 5.98. The average Bonchev–Trinajstić information content (AvgIpc) is 2.98. The number of nitrogens with zero attached hydrogens (tertiary/aromatic N) is 3. The van der Waals surface area contributed by atoms with E-state index >= 15 is 0 Å². The molecule has 0 fully saturated rings. The van der Waals surface area contributed by atoms with Crippen molar-refractivity contribution in [3.8, 4) is 11.8 Å². The SMILES string of the molecule is NCC#Cc1cnccc1C(=O)NCCc1ncno1. The van der Waals surface area contributed by atoms with Crippen molar-refractivity contribution in [3.63, 3.8) is 0 Å². The van der Waals surface area contributed by atoms with Gasteiger partial charge < -0.3 is 15.6 Å². The van der Waals surface area contributed by atoms with Crippen molar-refractivity contribution >= 4 is 5.91 Å². The number of pyridine rings is 1. The molecule has 0 saturated carbocycles. The monoisotopic (exact) mass is 271 g/mol. The number of hydrogen-bond donors (Lipinski definition) is 2. The van der Waals surface area contributed by atoms with E-state index in [1.807, 2.05) is 0 Å². The number of amides is 1. The van der Waals surface area contributed by atoms with E-state index in [-0.39, 0.29) is 12.5 Å². The molecule has 0 radical (unpaired) electrons. The number of carbonyl (C=O) groups excluding carboxylic acids is 1. The van der Waals surface area contributed by atoms with E-state index in [4.69, 9.17) is 10.3 Å². The molecule has 7 heteroatoms. The van der Waals surface area contributed by atoms with Crippen LogP contribution in [-0.2, 0) is 6.42 Å². The number of aromatic nitrogens is 3. The molecule has 2 rings (SSSR count). The molecule has 2 aromatic rings. The third kappa shape index (κ3) is 3.63. The van der Waals surface area contributed by atoms with Crippen molar-refractivity contribution in [3.05, 3.63) is 41.8 Å². The Labute approximate surface area is 115 Å². The van der Waals surface area contributed by atoms with Gasteiger partial charge in [-0.3, -0.25) is 9.78 Å². The molecule has 0 spiro atoms. The molecule has 7 nitrogen and oxygen atoms in total. The van der Waals surface area contributed by atoms with Crippen LogP contribution in [0.3, 0.4) is 0 Å². The number of rotatable bonds is 4. The van der Waals surface area contributed by atoms with Crippen molar-refractivity contribution < 1.29 is 9.32 Å². The van der Waals surface area contributed by atoms with Crippen LogP contribution in [-0.4, -0.2) is 34.1 Å². The van der Waals surface area contributed by atoms with E-state index in [0.717, 1.165) is 0 Å². The summed E-state index contributed by atoms with van der Waals surface area (Å²) in [4.78, 5) is 19.9. The second-order valence-corrected chi connectivity index (χ2v) is 3.77. The highest BCUT2D eigenvalue weighted by Crippen LogP contribution is 2.05. The largest absolute Gasteiger partial charge is 0.351 e. The van der Waals surface area contributed by atoms with Gasteiger partial charge >= 0.3 is 0 Å². The van der Waals surface area contributed by atoms with Crippen molar-refractivity contribution in [2.75, 3.05) is 13.1 Å². The zero-order valence-corrected chi connectivity index (χ0v) is 10.7. The van der Waals surface area contributed by atoms with Crippen LogP contribution in [0.5, 0.6) is 0 Å². The van der Waals surface area contributed by atoms with Crippen molar-refractivity contribution in [2.45, 2.75) is 6.42 Å². The lowest BCUT2D eigenvalue weighted by atomic mass is 10.1. The van der Waals surface area contributed by atoms with Crippen molar-refractivity contribution in [1.82, 2.24) is 20.4 Å². The highest BCUT2D eigenvalue weighted by Gasteiger charge is 2.10. The average molecular weight is 271 g/mol. The third-order valence-corrected chi connectivity index (χ3v) is 2.42. The maximum absolute atomic E-state index is 12.1. The van der Waals surface area contributed by atoms with E-state index < -0.39 is 0 Å². The van der Waals surface area contributed by atoms with E-state index in [1.165, 1.54) is 12.5 Å². The van der Waals surface area contributed by atoms with E-state index in [2.05, 4.69) is 32.3 Å². The zero-order valence-electron chi connectivity index (χ0n) is 10.7. The van der Waals surface area contributed by atoms with Gasteiger partial charge in [0.2, 0.25) is 5.89 Å². The van der Waals surface area contributed by atoms with Gasteiger partial charge in [0.05, 0.1) is 17.7 Å². The van der Waals surface area contributed by atoms with Crippen LogP contribution in [0.4, 0.5) is 0 Å². The minimum atomic E-state index is -0.228. The van der Waals surface area contributed by atoms with Gasteiger partial charge in [-0.15, -0.1) is 0 Å². The number of nitrogens with one attached hydrogen (secondary N) is 1. The zero-order chi connectivity index (χ0) is 14.2. The predicted molar refractivity (Wildman–Crippen MR) is 70.5 cm³/mol. The summed E-state index contributed by atoms with van der Waals surface area (Å²) >= 11 is 0. The third-order valence-electron chi connectivity index (χ3n) is 2.42. The second-order valence-electron chi connectivity index (χ2n) is 3.77. The molecule has 0 bridgehead atoms. The fourth-order valence-electron chi connectivity index (χ4n) is 1.52. The van der Waals surface area contributed by atoms with Crippen LogP contribution in [0.25, 0.3) is 0 Å². The quantitative estimate of drug-likeness (QED) is 0.742. The molecule has 0 aliphatic rings. The summed E-state index contributed by atoms with van der Waals surface area (Å²) in [7, 11) is 0. The summed E-state index contributed by atoms with van der Waals surface area (Å²) in [5.41, 5.74) is 6.33. The number of nitrogens with two attached hydrogens (primary N) is 1. The fraction of sp³-hybridized carbons (Fsp3) is 0.231. The molecule has 0 unspecified atom stereocenters. The molecule has 0 aromatic carbocycles. The number of hydrogen-bond acceptors (Lipinski definition) is 6. The normalized spacial score (nSPS) is 9.65. The number of carbonyl (C=O) groups is 1. The summed E-state index contributed by atoms with van der Waals surface area (Å²) in [6.45, 7) is 0.625. The first kappa shape index (κ1) is 13.7. The van der Waals surface area contributed by atoms with Crippen LogP contribution in [0.2, 0.25) is 0 Å². The maximum Gasteiger partial charge on any atom is 0.252 e. The molecule has 3 N–H and O–H groups in total. The first-order valence-corrected chi connectivity index (χ1v) is 5.98. The van der Waals surface area contributed by atoms with Gasteiger partial charge in [-0.05, 0) is 6.07 Å². The Balaban J connectivity index is 1.98. The summed E-state index contributed by atoms with van der Waals surface area (Å²) in [5, 5.41) is 6.25. The van der Waals surface area contributed by atoms with Crippen LogP contribution >= 0.6 is 0 Å². The molecule has 0 saturated heterocycles. The van der Waals surface area contributed by atoms with Gasteiger partial charge in [-0.2, -0.15) is 4.98 Å². The molecule has 1 amide bonds. The van der Waals surface area contributed by atoms with E-state index in [9.17, 15) is 4.79 Å². The molecule has 20 heavy (non-hydrogen) atoms. The minimum absolute atomic E-state index is 0.228. The lowest BCUT2D eigenvalue weighted by Crippen LogP contribution is -2.26. The Morgan fingerprint density at radius 2 is 2.40 bits per heavy atom. The first-order chi connectivity index (χ1) is 9.81. The summed E-state index contributed by atoms with van der Waals surface area (Å²) < 4.78 is 4.84. The standard InChI is InChI=1S/C13H13N5O2/c14-5-1-2-10-8-15-6-3-11(10)13(19)16-7-4-12-17-9-18-20-12/h3,6,8-9H,4-5,7,14H2,(H,16,19). The Kier molecular flexibility index (Phi) is 4.81. The van der Waals surface area contributed by atoms with Crippen molar-refractivity contribution in [1.29, 1.82) is 0 Å². The van der Waals surface area contributed by atoms with Crippen LogP contribution in [0.15, 0.2) is 29.3 Å². The van der Waals surface area contributed by atoms with Gasteiger partial charge in [-0.25, -0.2) is 0 Å². The smallest absolute Gasteiger partial charge is 0.252 e. The molecular formula is C13H13N5O2. The lowest BCUT2D eigenvalue weighted by molar-refractivity contribution is 0.0953. The highest BCUT2D eigenvalue weighted by molar-refractivity contribution is 5.96. The van der Waals surface area contributed by atoms with E-state index in [0.29, 0.717) is 30.0 Å². The molecule has 0 atom stereocenters. The summed E-state index contributed by atoms with van der Waals surface area (Å²) in [6, 6.07) is 1.61. The van der Waals surface area contributed by atoms with Gasteiger partial charge in [0.1, 0.15) is 0 Å². The Bertz CT molecular complexity index is 628. The lowest BCUT2D eigenvalue weighted by Gasteiger charge is -2.05. The van der Waals surface area contributed by atoms with Gasteiger partial charge in [0.15, 0.2) is 6.33 Å². The maximum atomic E-state index is 12.1. The van der Waals surface area contributed by atoms with Gasteiger partial charge in [0.25, 0.3) is 5.91 Å². The topological polar surface area (TPSA) is 107 Å². The Morgan fingerprint density at radius 1 is 1.50 bits per heavy atom. The molecule has 0 aliphatic carbocycles. The van der Waals surface area contributed by atoms with Gasteiger partial charge in [0, 0.05) is 25.4 Å². The molecule has 2 heterocycles. The van der Waals surface area contributed by atoms with Crippen molar-refractivity contribution in [2.24, 2.45) is 5.73 Å². The predicted octanol–water partition coefficient (Wildman–Crippen LogP) is -0.253. The molecule has 2 aromatic heterocycles. The molecule has 0 aliphatic heterocycles. The van der Waals surface area contributed by atoms with E-state index in [1.54, 1.807) is 12.3 Å². The Hall–Kier alpha value is -2.72. The fourth-order valence-corrected chi connectivity index (χ4v) is 1.52. The Morgan fingerprint density at radius 3 is 3.15 bits per heavy atom. The minimum Gasteiger partial charge on any atom is -0.351 e. The summed E-state index contributed by atoms with van der Waals surface area (Å²) in [6.07, 6.45) is 4.87. The van der Waals surface area contributed by atoms with Crippen LogP contribution in [0.1, 0.15) is 21.8 Å². The molecular weight excluding hydrogens is 258 g/mol.